The molecule has 0 fully saturated rings. The number of carbonyl (C=O) groups excluding carboxylic acids is 2. The predicted molar refractivity (Wildman–Crippen MR) is 161 cm³/mol. The van der Waals surface area contributed by atoms with Crippen LogP contribution in [0, 0.1) is 0 Å². The summed E-state index contributed by atoms with van der Waals surface area (Å²) in [6, 6.07) is 35.9. The van der Waals surface area contributed by atoms with E-state index in [0.29, 0.717) is 11.1 Å². The number of para-hydroxylation sites is 2. The summed E-state index contributed by atoms with van der Waals surface area (Å²) in [6.07, 6.45) is 3.33. The number of fused-ring (bicyclic) bond motifs is 4. The summed E-state index contributed by atoms with van der Waals surface area (Å²) in [5, 5.41) is 2.20. The molecule has 2 amide bonds. The van der Waals surface area contributed by atoms with Crippen molar-refractivity contribution in [3.63, 3.8) is 0 Å². The second-order valence-electron chi connectivity index (χ2n) is 9.85. The van der Waals surface area contributed by atoms with Gasteiger partial charge in [-0.15, -0.1) is 0 Å². The maximum atomic E-state index is 13.6. The number of hydrogen-bond donors (Lipinski definition) is 0. The van der Waals surface area contributed by atoms with Gasteiger partial charge in [0.25, 0.3) is 11.8 Å². The number of amides is 2. The molecule has 194 valence electrons. The lowest BCUT2D eigenvalue weighted by atomic mass is 9.95. The molecule has 0 saturated heterocycles. The van der Waals surface area contributed by atoms with Crippen molar-refractivity contribution in [2.24, 2.45) is 0 Å². The van der Waals surface area contributed by atoms with Crippen LogP contribution in [-0.2, 0) is 0 Å². The Labute approximate surface area is 239 Å². The second kappa shape index (κ2) is 9.15. The first kappa shape index (κ1) is 23.6. The molecule has 0 saturated carbocycles. The van der Waals surface area contributed by atoms with Crippen molar-refractivity contribution in [1.82, 2.24) is 9.97 Å². The molecule has 0 unspecified atom stereocenters. The normalized spacial score (nSPS) is 13.8. The Morgan fingerprint density at radius 1 is 0.561 bits per heavy atom. The number of hydrogen-bond acceptors (Lipinski definition) is 6. The maximum Gasteiger partial charge on any atom is 0.268 e. The highest BCUT2D eigenvalue weighted by Gasteiger charge is 2.39. The minimum atomic E-state index is -0.426. The van der Waals surface area contributed by atoms with E-state index in [0.717, 1.165) is 53.7 Å². The molecule has 1 aromatic heterocycles. The SMILES string of the molecule is O=C1c2ccc(-c3cccc4ccccc34)cc2C(=O)N1c1ncc(N2c3ccccc3Sc3ccccc32)cn1. The van der Waals surface area contributed by atoms with E-state index in [-0.39, 0.29) is 5.95 Å². The summed E-state index contributed by atoms with van der Waals surface area (Å²) in [7, 11) is 0. The number of anilines is 4. The summed E-state index contributed by atoms with van der Waals surface area (Å²) in [4.78, 5) is 41.4. The Kier molecular flexibility index (Phi) is 5.27. The monoisotopic (exact) mass is 548 g/mol. The van der Waals surface area contributed by atoms with E-state index >= 15 is 0 Å². The van der Waals surface area contributed by atoms with Crippen LogP contribution in [0.5, 0.6) is 0 Å². The van der Waals surface area contributed by atoms with Gasteiger partial charge in [0, 0.05) is 9.79 Å². The first-order chi connectivity index (χ1) is 20.2. The van der Waals surface area contributed by atoms with Crippen molar-refractivity contribution in [2.45, 2.75) is 9.79 Å². The van der Waals surface area contributed by atoms with Crippen molar-refractivity contribution in [1.29, 1.82) is 0 Å². The molecule has 0 aliphatic carbocycles. The van der Waals surface area contributed by atoms with Crippen LogP contribution in [0.4, 0.5) is 23.0 Å². The molecule has 3 heterocycles. The summed E-state index contributed by atoms with van der Waals surface area (Å²) in [5.74, 6) is -0.795. The summed E-state index contributed by atoms with van der Waals surface area (Å²) < 4.78 is 0. The van der Waals surface area contributed by atoms with Gasteiger partial charge in [-0.3, -0.25) is 9.59 Å². The molecule has 6 nitrogen and oxygen atoms in total. The van der Waals surface area contributed by atoms with Gasteiger partial charge in [0.05, 0.1) is 40.6 Å². The van der Waals surface area contributed by atoms with Crippen molar-refractivity contribution in [3.8, 4) is 11.1 Å². The van der Waals surface area contributed by atoms with E-state index in [9.17, 15) is 9.59 Å². The zero-order valence-corrected chi connectivity index (χ0v) is 22.4. The van der Waals surface area contributed by atoms with E-state index in [1.807, 2.05) is 54.6 Å². The van der Waals surface area contributed by atoms with Gasteiger partial charge in [-0.25, -0.2) is 14.9 Å². The smallest absolute Gasteiger partial charge is 0.268 e. The quantitative estimate of drug-likeness (QED) is 0.208. The molecule has 8 rings (SSSR count). The van der Waals surface area contributed by atoms with Crippen LogP contribution in [-0.4, -0.2) is 21.8 Å². The number of nitrogens with zero attached hydrogens (tertiary/aromatic N) is 4. The highest BCUT2D eigenvalue weighted by atomic mass is 32.2. The minimum absolute atomic E-state index is 0.0552. The maximum absolute atomic E-state index is 13.6. The molecular formula is C34H20N4O2S. The van der Waals surface area contributed by atoms with E-state index in [2.05, 4.69) is 57.3 Å². The molecule has 0 bridgehead atoms. The Hall–Kier alpha value is -5.27. The first-order valence-corrected chi connectivity index (χ1v) is 14.0. The zero-order valence-electron chi connectivity index (χ0n) is 21.6. The Bertz CT molecular complexity index is 1990. The Morgan fingerprint density at radius 2 is 1.20 bits per heavy atom. The van der Waals surface area contributed by atoms with Crippen LogP contribution in [0.2, 0.25) is 0 Å². The molecule has 7 heteroatoms. The van der Waals surface area contributed by atoms with Gasteiger partial charge in [-0.05, 0) is 58.3 Å². The molecule has 0 N–H and O–H groups in total. The lowest BCUT2D eigenvalue weighted by molar-refractivity contribution is 0.0924. The van der Waals surface area contributed by atoms with Gasteiger partial charge in [0.2, 0.25) is 5.95 Å². The van der Waals surface area contributed by atoms with Crippen molar-refractivity contribution < 1.29 is 9.59 Å². The molecule has 41 heavy (non-hydrogen) atoms. The lowest BCUT2D eigenvalue weighted by Crippen LogP contribution is -2.31. The van der Waals surface area contributed by atoms with Crippen molar-refractivity contribution in [3.05, 3.63) is 133 Å². The molecule has 2 aliphatic rings. The average molecular weight is 549 g/mol. The highest BCUT2D eigenvalue weighted by Crippen LogP contribution is 2.51. The van der Waals surface area contributed by atoms with Crippen LogP contribution in [0.15, 0.2) is 131 Å². The van der Waals surface area contributed by atoms with Crippen LogP contribution in [0.3, 0.4) is 0 Å². The van der Waals surface area contributed by atoms with Gasteiger partial charge in [-0.2, -0.15) is 0 Å². The summed E-state index contributed by atoms with van der Waals surface area (Å²) >= 11 is 1.72. The zero-order chi connectivity index (χ0) is 27.5. The third-order valence-electron chi connectivity index (χ3n) is 7.50. The fraction of sp³-hybridized carbons (Fsp3) is 0. The Morgan fingerprint density at radius 3 is 1.95 bits per heavy atom. The predicted octanol–water partition coefficient (Wildman–Crippen LogP) is 8.03. The van der Waals surface area contributed by atoms with E-state index in [1.165, 1.54) is 0 Å². The van der Waals surface area contributed by atoms with Gasteiger partial charge < -0.3 is 4.90 Å². The summed E-state index contributed by atoms with van der Waals surface area (Å²) in [5.41, 5.74) is 5.37. The highest BCUT2D eigenvalue weighted by molar-refractivity contribution is 7.99. The van der Waals surface area contributed by atoms with E-state index < -0.39 is 11.8 Å². The number of benzene rings is 5. The number of aromatic nitrogens is 2. The largest absolute Gasteiger partial charge is 0.305 e. The number of carbonyl (C=O) groups is 2. The van der Waals surface area contributed by atoms with Crippen molar-refractivity contribution >= 4 is 57.4 Å². The lowest BCUT2D eigenvalue weighted by Gasteiger charge is -2.32. The fourth-order valence-corrected chi connectivity index (χ4v) is 6.65. The molecule has 5 aromatic carbocycles. The topological polar surface area (TPSA) is 66.4 Å². The van der Waals surface area contributed by atoms with Gasteiger partial charge in [0.1, 0.15) is 0 Å². The average Bonchev–Trinajstić information content (AvgIpc) is 3.28. The van der Waals surface area contributed by atoms with Gasteiger partial charge in [-0.1, -0.05) is 84.6 Å². The molecule has 2 aliphatic heterocycles. The minimum Gasteiger partial charge on any atom is -0.305 e. The van der Waals surface area contributed by atoms with E-state index in [4.69, 9.17) is 0 Å². The third-order valence-corrected chi connectivity index (χ3v) is 8.63. The molecule has 0 atom stereocenters. The van der Waals surface area contributed by atoms with Crippen LogP contribution >= 0.6 is 11.8 Å². The van der Waals surface area contributed by atoms with Gasteiger partial charge in [0.15, 0.2) is 0 Å². The third kappa shape index (κ3) is 3.67. The van der Waals surface area contributed by atoms with E-state index in [1.54, 1.807) is 36.3 Å². The van der Waals surface area contributed by atoms with Crippen molar-refractivity contribution in [2.75, 3.05) is 9.80 Å². The fourth-order valence-electron chi connectivity index (χ4n) is 5.60. The van der Waals surface area contributed by atoms with Crippen LogP contribution < -0.4 is 9.80 Å². The molecule has 0 spiro atoms. The molecular weight excluding hydrogens is 528 g/mol. The molecule has 0 radical (unpaired) electrons. The number of rotatable bonds is 3. The second-order valence-corrected chi connectivity index (χ2v) is 10.9. The van der Waals surface area contributed by atoms with Crippen LogP contribution in [0.25, 0.3) is 21.9 Å². The van der Waals surface area contributed by atoms with Crippen LogP contribution in [0.1, 0.15) is 20.7 Å². The standard InChI is InChI=1S/C34H20N4O2S/c39-32-26-17-16-22(25-11-7-9-21-8-1-2-10-24(21)25)18-27(26)33(40)38(32)34-35-19-23(20-36-34)37-28-12-3-5-14-30(28)41-31-15-6-4-13-29(31)37/h1-20H. The van der Waals surface area contributed by atoms with Gasteiger partial charge >= 0.3 is 0 Å². The Balaban J connectivity index is 1.15. The summed E-state index contributed by atoms with van der Waals surface area (Å²) in [6.45, 7) is 0. The molecule has 6 aromatic rings. The first-order valence-electron chi connectivity index (χ1n) is 13.2. The number of imide groups is 1.